The van der Waals surface area contributed by atoms with Crippen molar-refractivity contribution in [3.8, 4) is 0 Å². The lowest BCUT2D eigenvalue weighted by Crippen LogP contribution is -2.45. The molecule has 0 saturated heterocycles. The van der Waals surface area contributed by atoms with Crippen LogP contribution in [-0.4, -0.2) is 27.4 Å². The van der Waals surface area contributed by atoms with Gasteiger partial charge in [0.25, 0.3) is 0 Å². The van der Waals surface area contributed by atoms with Crippen molar-refractivity contribution >= 4 is 11.6 Å². The first-order valence-corrected chi connectivity index (χ1v) is 11.3. The summed E-state index contributed by atoms with van der Waals surface area (Å²) in [5.74, 6) is 0.754. The molecule has 1 saturated carbocycles. The monoisotopic (exact) mass is 412 g/mol. The van der Waals surface area contributed by atoms with E-state index in [0.717, 1.165) is 29.1 Å². The van der Waals surface area contributed by atoms with E-state index < -0.39 is 5.41 Å². The highest BCUT2D eigenvalue weighted by molar-refractivity contribution is 6.08. The Bertz CT molecular complexity index is 990. The highest BCUT2D eigenvalue weighted by Gasteiger charge is 2.52. The Morgan fingerprint density at radius 3 is 2.06 bits per heavy atom. The minimum Gasteiger partial charge on any atom is -0.309 e. The second kappa shape index (κ2) is 8.58. The lowest BCUT2D eigenvalue weighted by molar-refractivity contribution is -0.123. The average Bonchev–Trinajstić information content (AvgIpc) is 3.04. The van der Waals surface area contributed by atoms with Crippen LogP contribution in [0, 0.1) is 5.92 Å². The van der Waals surface area contributed by atoms with E-state index in [1.54, 1.807) is 24.8 Å². The molecule has 0 N–H and O–H groups in total. The molecule has 1 aliphatic heterocycles. The summed E-state index contributed by atoms with van der Waals surface area (Å²) in [6, 6.07) is 12.1. The fraction of sp³-hybridized carbons (Fsp3) is 0.385. The molecule has 0 aromatic carbocycles. The topological polar surface area (TPSA) is 59.0 Å². The van der Waals surface area contributed by atoms with Crippen LogP contribution in [0.4, 0.5) is 5.69 Å². The number of rotatable bonds is 6. The van der Waals surface area contributed by atoms with Gasteiger partial charge in [-0.05, 0) is 79.1 Å². The van der Waals surface area contributed by atoms with Crippen molar-refractivity contribution in [3.05, 3.63) is 84.2 Å². The molecule has 1 fully saturated rings. The maximum atomic E-state index is 14.2. The number of hydrogen-bond donors (Lipinski definition) is 0. The second-order valence-corrected chi connectivity index (χ2v) is 8.94. The smallest absolute Gasteiger partial charge is 0.240 e. The second-order valence-electron chi connectivity index (χ2n) is 8.94. The predicted octanol–water partition coefficient (Wildman–Crippen LogP) is 4.52. The molecule has 3 aromatic rings. The van der Waals surface area contributed by atoms with Gasteiger partial charge in [-0.1, -0.05) is 19.3 Å². The molecular formula is C26H28N4O. The molecule has 0 radical (unpaired) electrons. The lowest BCUT2D eigenvalue weighted by atomic mass is 9.74. The van der Waals surface area contributed by atoms with Gasteiger partial charge < -0.3 is 4.90 Å². The third-order valence-corrected chi connectivity index (χ3v) is 6.86. The van der Waals surface area contributed by atoms with Gasteiger partial charge in [0.2, 0.25) is 5.91 Å². The Labute approximate surface area is 183 Å². The third-order valence-electron chi connectivity index (χ3n) is 6.86. The summed E-state index contributed by atoms with van der Waals surface area (Å²) < 4.78 is 0. The van der Waals surface area contributed by atoms with Crippen molar-refractivity contribution in [1.82, 2.24) is 15.0 Å². The Balaban J connectivity index is 1.57. The van der Waals surface area contributed by atoms with Crippen LogP contribution in [0.5, 0.6) is 0 Å². The van der Waals surface area contributed by atoms with Crippen molar-refractivity contribution < 1.29 is 4.79 Å². The zero-order valence-corrected chi connectivity index (χ0v) is 17.8. The Kier molecular flexibility index (Phi) is 5.49. The minimum atomic E-state index is -0.714. The van der Waals surface area contributed by atoms with Gasteiger partial charge >= 0.3 is 0 Å². The van der Waals surface area contributed by atoms with Crippen LogP contribution in [0.1, 0.15) is 48.9 Å². The van der Waals surface area contributed by atoms with Gasteiger partial charge in [-0.25, -0.2) is 0 Å². The summed E-state index contributed by atoms with van der Waals surface area (Å²) in [7, 11) is 0. The van der Waals surface area contributed by atoms with Crippen molar-refractivity contribution in [2.24, 2.45) is 5.92 Å². The molecule has 3 aromatic heterocycles. The van der Waals surface area contributed by atoms with Gasteiger partial charge in [0, 0.05) is 37.5 Å². The van der Waals surface area contributed by atoms with E-state index in [1.807, 2.05) is 41.4 Å². The van der Waals surface area contributed by atoms with E-state index >= 15 is 0 Å². The van der Waals surface area contributed by atoms with Crippen LogP contribution >= 0.6 is 0 Å². The van der Waals surface area contributed by atoms with E-state index in [9.17, 15) is 4.79 Å². The van der Waals surface area contributed by atoms with Gasteiger partial charge in [-0.3, -0.25) is 19.7 Å². The fourth-order valence-corrected chi connectivity index (χ4v) is 5.34. The largest absolute Gasteiger partial charge is 0.309 e. The number of hydrogen-bond acceptors (Lipinski definition) is 4. The first-order valence-electron chi connectivity index (χ1n) is 11.3. The Morgan fingerprint density at radius 1 is 0.839 bits per heavy atom. The molecule has 1 amide bonds. The van der Waals surface area contributed by atoms with E-state index in [2.05, 4.69) is 16.0 Å². The number of carbonyl (C=O) groups is 1. The highest BCUT2D eigenvalue weighted by atomic mass is 16.2. The summed E-state index contributed by atoms with van der Waals surface area (Å²) >= 11 is 0. The molecule has 2 aliphatic rings. The van der Waals surface area contributed by atoms with Crippen LogP contribution in [0.15, 0.2) is 67.4 Å². The maximum Gasteiger partial charge on any atom is 0.240 e. The normalized spacial score (nSPS) is 18.2. The molecule has 5 heteroatoms. The van der Waals surface area contributed by atoms with Crippen molar-refractivity contribution in [2.75, 3.05) is 11.4 Å². The molecule has 4 heterocycles. The van der Waals surface area contributed by atoms with Crippen LogP contribution in [-0.2, 0) is 23.1 Å². The molecule has 31 heavy (non-hydrogen) atoms. The minimum absolute atomic E-state index is 0.181. The molecular weight excluding hydrogens is 384 g/mol. The van der Waals surface area contributed by atoms with Gasteiger partial charge in [-0.15, -0.1) is 0 Å². The molecule has 5 rings (SSSR count). The third kappa shape index (κ3) is 3.85. The number of carbonyl (C=O) groups excluding carboxylic acids is 1. The zero-order valence-electron chi connectivity index (χ0n) is 17.8. The van der Waals surface area contributed by atoms with E-state index in [4.69, 9.17) is 4.98 Å². The summed E-state index contributed by atoms with van der Waals surface area (Å²) in [6.07, 6.45) is 16.5. The van der Waals surface area contributed by atoms with Crippen molar-refractivity contribution in [2.45, 2.75) is 50.4 Å². The van der Waals surface area contributed by atoms with Crippen LogP contribution in [0.25, 0.3) is 0 Å². The van der Waals surface area contributed by atoms with Gasteiger partial charge in [0.1, 0.15) is 5.41 Å². The Morgan fingerprint density at radius 2 is 1.45 bits per heavy atom. The molecule has 0 atom stereocenters. The number of aromatic nitrogens is 3. The first-order chi connectivity index (χ1) is 15.3. The zero-order chi connectivity index (χ0) is 21.1. The number of amides is 1. The van der Waals surface area contributed by atoms with Crippen molar-refractivity contribution in [3.63, 3.8) is 0 Å². The van der Waals surface area contributed by atoms with E-state index in [0.29, 0.717) is 18.8 Å². The molecule has 158 valence electrons. The lowest BCUT2D eigenvalue weighted by Gasteiger charge is -2.31. The van der Waals surface area contributed by atoms with E-state index in [-0.39, 0.29) is 5.91 Å². The predicted molar refractivity (Wildman–Crippen MR) is 121 cm³/mol. The number of nitrogens with zero attached hydrogens (tertiary/aromatic N) is 4. The van der Waals surface area contributed by atoms with Crippen LogP contribution in [0.2, 0.25) is 0 Å². The summed E-state index contributed by atoms with van der Waals surface area (Å²) in [4.78, 5) is 29.4. The average molecular weight is 413 g/mol. The summed E-state index contributed by atoms with van der Waals surface area (Å²) in [6.45, 7) is 0.798. The molecule has 0 spiro atoms. The van der Waals surface area contributed by atoms with Crippen LogP contribution < -0.4 is 4.90 Å². The van der Waals surface area contributed by atoms with Crippen LogP contribution in [0.3, 0.4) is 0 Å². The van der Waals surface area contributed by atoms with Gasteiger partial charge in [0.15, 0.2) is 0 Å². The molecule has 5 nitrogen and oxygen atoms in total. The fourth-order valence-electron chi connectivity index (χ4n) is 5.34. The highest BCUT2D eigenvalue weighted by Crippen LogP contribution is 2.45. The molecule has 0 bridgehead atoms. The maximum absolute atomic E-state index is 14.2. The number of anilines is 1. The van der Waals surface area contributed by atoms with Gasteiger partial charge in [-0.2, -0.15) is 0 Å². The van der Waals surface area contributed by atoms with Gasteiger partial charge in [0.05, 0.1) is 11.4 Å². The number of fused-ring (bicyclic) bond motifs is 1. The van der Waals surface area contributed by atoms with E-state index in [1.165, 1.54) is 32.1 Å². The quantitative estimate of drug-likeness (QED) is 0.597. The van der Waals surface area contributed by atoms with Crippen molar-refractivity contribution in [1.29, 1.82) is 0 Å². The first kappa shape index (κ1) is 19.9. The molecule has 1 aliphatic carbocycles. The summed E-state index contributed by atoms with van der Waals surface area (Å²) in [5.41, 5.74) is 3.39. The standard InChI is InChI=1S/C26H28N4O/c31-25-26(17-20-8-13-27-14-9-20,18-21-10-15-28-16-11-21)24-23(7-4-12-29-24)30(25)19-22-5-2-1-3-6-22/h4,7-16,22H,1-3,5-6,17-19H2. The number of pyridine rings is 3. The molecule has 0 unspecified atom stereocenters. The summed E-state index contributed by atoms with van der Waals surface area (Å²) in [5, 5.41) is 0. The SMILES string of the molecule is O=C1N(CC2CCCCC2)c2cccnc2C1(Cc1ccncc1)Cc1ccncc1. The Hall–Kier alpha value is -3.08.